The largest absolute Gasteiger partial charge is 0.369 e. The molecule has 2 aliphatic carbocycles. The molecule has 1 aromatic carbocycles. The van der Waals surface area contributed by atoms with Crippen LogP contribution in [0.1, 0.15) is 31.7 Å². The summed E-state index contributed by atoms with van der Waals surface area (Å²) < 4.78 is 16.5. The average Bonchev–Trinajstić information content (AvgIpc) is 3.24. The molecule has 2 aromatic rings. The van der Waals surface area contributed by atoms with Gasteiger partial charge in [-0.2, -0.15) is 0 Å². The van der Waals surface area contributed by atoms with E-state index in [1.165, 1.54) is 25.7 Å². The van der Waals surface area contributed by atoms with E-state index in [0.29, 0.717) is 15.6 Å². The maximum absolute atomic E-state index is 13.8. The van der Waals surface area contributed by atoms with E-state index in [1.54, 1.807) is 12.1 Å². The van der Waals surface area contributed by atoms with E-state index in [0.717, 1.165) is 22.9 Å². The number of aromatic nitrogens is 2. The summed E-state index contributed by atoms with van der Waals surface area (Å²) in [6.07, 6.45) is 5.08. The topological polar surface area (TPSA) is 43.8 Å². The second kappa shape index (κ2) is 4.07. The van der Waals surface area contributed by atoms with Crippen LogP contribution in [0.4, 0.5) is 10.3 Å². The van der Waals surface area contributed by atoms with Gasteiger partial charge in [-0.3, -0.25) is 0 Å². The van der Waals surface area contributed by atoms with Crippen LogP contribution in [0.5, 0.6) is 0 Å². The number of rotatable bonds is 3. The van der Waals surface area contributed by atoms with Crippen LogP contribution in [0.15, 0.2) is 12.1 Å². The highest BCUT2D eigenvalue weighted by molar-refractivity contribution is 14.1. The summed E-state index contributed by atoms with van der Waals surface area (Å²) >= 11 is 2.00. The van der Waals surface area contributed by atoms with Gasteiger partial charge in [0.05, 0.1) is 14.6 Å². The van der Waals surface area contributed by atoms with E-state index in [-0.39, 0.29) is 5.82 Å². The number of nitrogens with zero attached hydrogens (tertiary/aromatic N) is 2. The van der Waals surface area contributed by atoms with Crippen molar-refractivity contribution >= 4 is 39.6 Å². The van der Waals surface area contributed by atoms with Crippen molar-refractivity contribution in [2.45, 2.75) is 31.7 Å². The number of fused-ring (bicyclic) bond motifs is 1. The lowest BCUT2D eigenvalue weighted by atomic mass is 10.1. The van der Waals surface area contributed by atoms with Crippen LogP contribution < -0.4 is 5.73 Å². The summed E-state index contributed by atoms with van der Waals surface area (Å²) in [5.74, 6) is 1.80. The van der Waals surface area contributed by atoms with E-state index in [1.807, 2.05) is 22.6 Å². The van der Waals surface area contributed by atoms with Crippen molar-refractivity contribution in [2.24, 2.45) is 11.8 Å². The summed E-state index contributed by atoms with van der Waals surface area (Å²) in [6.45, 7) is 0. The van der Waals surface area contributed by atoms with E-state index in [2.05, 4.69) is 9.55 Å². The Morgan fingerprint density at radius 1 is 1.26 bits per heavy atom. The molecule has 0 amide bonds. The first kappa shape index (κ1) is 11.9. The molecule has 4 rings (SSSR count). The molecule has 0 atom stereocenters. The molecule has 3 nitrogen and oxygen atoms in total. The molecule has 1 heterocycles. The van der Waals surface area contributed by atoms with Gasteiger partial charge in [0, 0.05) is 12.1 Å². The molecule has 0 saturated heterocycles. The predicted octanol–water partition coefficient (Wildman–Crippen LogP) is 3.72. The second-order valence-corrected chi connectivity index (χ2v) is 6.92. The highest BCUT2D eigenvalue weighted by atomic mass is 127. The summed E-state index contributed by atoms with van der Waals surface area (Å²) in [5.41, 5.74) is 7.79. The Kier molecular flexibility index (Phi) is 2.56. The van der Waals surface area contributed by atoms with Gasteiger partial charge < -0.3 is 10.3 Å². The van der Waals surface area contributed by atoms with Crippen molar-refractivity contribution in [3.63, 3.8) is 0 Å². The zero-order valence-corrected chi connectivity index (χ0v) is 12.6. The van der Waals surface area contributed by atoms with Gasteiger partial charge in [0.25, 0.3) is 0 Å². The Hall–Kier alpha value is -0.850. The fourth-order valence-electron chi connectivity index (χ4n) is 3.10. The highest BCUT2D eigenvalue weighted by Gasteiger charge is 2.43. The van der Waals surface area contributed by atoms with Gasteiger partial charge in [-0.15, -0.1) is 0 Å². The van der Waals surface area contributed by atoms with Crippen molar-refractivity contribution < 1.29 is 4.39 Å². The fourth-order valence-corrected chi connectivity index (χ4v) is 3.56. The van der Waals surface area contributed by atoms with Gasteiger partial charge in [0.2, 0.25) is 5.95 Å². The molecule has 2 aliphatic rings. The highest BCUT2D eigenvalue weighted by Crippen LogP contribution is 2.53. The number of imidazole rings is 1. The minimum absolute atomic E-state index is 0.181. The lowest BCUT2D eigenvalue weighted by Crippen LogP contribution is -2.16. The predicted molar refractivity (Wildman–Crippen MR) is 81.3 cm³/mol. The monoisotopic (exact) mass is 371 g/mol. The zero-order chi connectivity index (χ0) is 13.1. The standard InChI is InChI=1S/C14H15FIN3/c15-9-5-12-11(6-10(9)16)18-14(17)19(12)13(7-1-2-7)8-3-4-8/h5-8,13H,1-4H2,(H2,17,18). The molecule has 5 heteroatoms. The minimum atomic E-state index is -0.181. The third-order valence-corrected chi connectivity index (χ3v) is 5.09. The fraction of sp³-hybridized carbons (Fsp3) is 0.500. The SMILES string of the molecule is Nc1nc2cc(I)c(F)cc2n1C(C1CC1)C1CC1. The Bertz CT molecular complexity index is 646. The first-order valence-corrected chi connectivity index (χ1v) is 7.85. The van der Waals surface area contributed by atoms with Crippen molar-refractivity contribution in [3.05, 3.63) is 21.5 Å². The lowest BCUT2D eigenvalue weighted by molar-refractivity contribution is 0.408. The maximum Gasteiger partial charge on any atom is 0.201 e. The molecule has 100 valence electrons. The molecule has 1 aromatic heterocycles. The molecule has 0 unspecified atom stereocenters. The van der Waals surface area contributed by atoms with Gasteiger partial charge in [0.15, 0.2) is 0 Å². The van der Waals surface area contributed by atoms with E-state index in [9.17, 15) is 4.39 Å². The third kappa shape index (κ3) is 1.93. The average molecular weight is 371 g/mol. The van der Waals surface area contributed by atoms with E-state index < -0.39 is 0 Å². The number of hydrogen-bond acceptors (Lipinski definition) is 2. The van der Waals surface area contributed by atoms with Gasteiger partial charge in [-0.1, -0.05) is 0 Å². The first-order chi connectivity index (χ1) is 9.15. The molecule has 0 aliphatic heterocycles. The molecule has 0 spiro atoms. The van der Waals surface area contributed by atoms with Crippen LogP contribution in [-0.2, 0) is 0 Å². The summed E-state index contributed by atoms with van der Waals surface area (Å²) in [5, 5.41) is 0. The second-order valence-electron chi connectivity index (χ2n) is 5.76. The Morgan fingerprint density at radius 2 is 1.89 bits per heavy atom. The molecule has 0 bridgehead atoms. The summed E-state index contributed by atoms with van der Waals surface area (Å²) in [7, 11) is 0. The van der Waals surface area contributed by atoms with Crippen molar-refractivity contribution in [1.29, 1.82) is 0 Å². The number of halogens is 2. The number of nitrogens with two attached hydrogens (primary N) is 1. The summed E-state index contributed by atoms with van der Waals surface area (Å²) in [4.78, 5) is 4.43. The number of hydrogen-bond donors (Lipinski definition) is 1. The van der Waals surface area contributed by atoms with E-state index >= 15 is 0 Å². The van der Waals surface area contributed by atoms with Crippen LogP contribution >= 0.6 is 22.6 Å². The molecule has 2 N–H and O–H groups in total. The Balaban J connectivity index is 1.92. The van der Waals surface area contributed by atoms with Crippen molar-refractivity contribution in [2.75, 3.05) is 5.73 Å². The van der Waals surface area contributed by atoms with Crippen LogP contribution in [0.3, 0.4) is 0 Å². The first-order valence-electron chi connectivity index (χ1n) is 6.77. The van der Waals surface area contributed by atoms with Gasteiger partial charge in [0.1, 0.15) is 5.82 Å². The maximum atomic E-state index is 13.8. The van der Waals surface area contributed by atoms with Gasteiger partial charge in [-0.05, 0) is 66.2 Å². The van der Waals surface area contributed by atoms with Crippen molar-refractivity contribution in [3.8, 4) is 0 Å². The van der Waals surface area contributed by atoms with Crippen molar-refractivity contribution in [1.82, 2.24) is 9.55 Å². The van der Waals surface area contributed by atoms with E-state index in [4.69, 9.17) is 5.73 Å². The van der Waals surface area contributed by atoms with Gasteiger partial charge >= 0.3 is 0 Å². The summed E-state index contributed by atoms with van der Waals surface area (Å²) in [6, 6.07) is 3.82. The molecular formula is C14H15FIN3. The van der Waals surface area contributed by atoms with Gasteiger partial charge in [-0.25, -0.2) is 9.37 Å². The molecular weight excluding hydrogens is 356 g/mol. The quantitative estimate of drug-likeness (QED) is 0.836. The Labute approximate surface area is 124 Å². The molecule has 0 radical (unpaired) electrons. The molecule has 2 saturated carbocycles. The molecule has 2 fully saturated rings. The van der Waals surface area contributed by atoms with Crippen LogP contribution in [0, 0.1) is 21.2 Å². The number of anilines is 1. The minimum Gasteiger partial charge on any atom is -0.369 e. The third-order valence-electron chi connectivity index (χ3n) is 4.27. The van der Waals surface area contributed by atoms with Crippen LogP contribution in [0.2, 0.25) is 0 Å². The zero-order valence-electron chi connectivity index (χ0n) is 10.4. The normalized spacial score (nSPS) is 19.5. The molecule has 19 heavy (non-hydrogen) atoms. The van der Waals surface area contributed by atoms with Crippen LogP contribution in [-0.4, -0.2) is 9.55 Å². The van der Waals surface area contributed by atoms with Crippen LogP contribution in [0.25, 0.3) is 11.0 Å². The number of nitrogen functional groups attached to an aromatic ring is 1. The lowest BCUT2D eigenvalue weighted by Gasteiger charge is -2.20. The Morgan fingerprint density at radius 3 is 2.47 bits per heavy atom. The smallest absolute Gasteiger partial charge is 0.201 e. The number of benzene rings is 1.